The number of imidazole rings is 1. The summed E-state index contributed by atoms with van der Waals surface area (Å²) >= 11 is 1.63. The van der Waals surface area contributed by atoms with E-state index in [1.807, 2.05) is 41.9 Å². The van der Waals surface area contributed by atoms with Crippen LogP contribution < -0.4 is 10.6 Å². The molecule has 1 fully saturated rings. The van der Waals surface area contributed by atoms with Crippen molar-refractivity contribution < 1.29 is 4.39 Å². The Kier molecular flexibility index (Phi) is 5.82. The summed E-state index contributed by atoms with van der Waals surface area (Å²) in [5.74, 6) is 0.659. The van der Waals surface area contributed by atoms with Crippen LogP contribution in [0.3, 0.4) is 0 Å². The Bertz CT molecular complexity index is 1120. The molecule has 1 atom stereocenters. The number of thiazole rings is 1. The lowest BCUT2D eigenvalue weighted by atomic mass is 10.2. The monoisotopic (exact) mass is 436 g/mol. The lowest BCUT2D eigenvalue weighted by Crippen LogP contribution is -2.30. The maximum absolute atomic E-state index is 13.3. The van der Waals surface area contributed by atoms with E-state index >= 15 is 0 Å². The zero-order valence-electron chi connectivity index (χ0n) is 17.2. The van der Waals surface area contributed by atoms with Crippen LogP contribution >= 0.6 is 11.3 Å². The highest BCUT2D eigenvalue weighted by Gasteiger charge is 2.24. The van der Waals surface area contributed by atoms with Gasteiger partial charge in [-0.05, 0) is 36.2 Å². The van der Waals surface area contributed by atoms with Crippen molar-refractivity contribution in [2.45, 2.75) is 19.0 Å². The minimum absolute atomic E-state index is 0.215. The number of anilines is 2. The van der Waals surface area contributed by atoms with Crippen LogP contribution in [-0.4, -0.2) is 51.7 Å². The summed E-state index contributed by atoms with van der Waals surface area (Å²) < 4.78 is 15.5. The van der Waals surface area contributed by atoms with Gasteiger partial charge in [-0.2, -0.15) is 0 Å². The van der Waals surface area contributed by atoms with Crippen molar-refractivity contribution in [1.82, 2.24) is 19.4 Å². The van der Waals surface area contributed by atoms with Gasteiger partial charge in [0, 0.05) is 43.8 Å². The van der Waals surface area contributed by atoms with E-state index in [-0.39, 0.29) is 5.82 Å². The molecule has 5 rings (SSSR count). The Morgan fingerprint density at radius 1 is 1.13 bits per heavy atom. The fraction of sp³-hybridized carbons (Fsp3) is 0.304. The summed E-state index contributed by atoms with van der Waals surface area (Å²) in [4.78, 5) is 11.6. The molecule has 1 unspecified atom stereocenters. The van der Waals surface area contributed by atoms with Crippen LogP contribution in [0.2, 0.25) is 0 Å². The third-order valence-electron chi connectivity index (χ3n) is 5.65. The summed E-state index contributed by atoms with van der Waals surface area (Å²) in [5.41, 5.74) is 3.10. The summed E-state index contributed by atoms with van der Waals surface area (Å²) in [6.45, 7) is 4.58. The van der Waals surface area contributed by atoms with Crippen LogP contribution in [0.15, 0.2) is 60.1 Å². The quantitative estimate of drug-likeness (QED) is 0.432. The number of hydrogen-bond donors (Lipinski definition) is 2. The molecule has 0 radical (unpaired) electrons. The molecule has 1 saturated heterocycles. The van der Waals surface area contributed by atoms with Gasteiger partial charge in [-0.1, -0.05) is 24.3 Å². The molecule has 2 aromatic carbocycles. The molecule has 0 saturated carbocycles. The molecule has 6 nitrogen and oxygen atoms in total. The van der Waals surface area contributed by atoms with Gasteiger partial charge >= 0.3 is 0 Å². The largest absolute Gasteiger partial charge is 0.360 e. The minimum atomic E-state index is -0.215. The number of hydrogen-bond acceptors (Lipinski definition) is 6. The van der Waals surface area contributed by atoms with Gasteiger partial charge in [0.2, 0.25) is 5.95 Å². The van der Waals surface area contributed by atoms with Gasteiger partial charge in [-0.3, -0.25) is 4.90 Å². The first-order chi connectivity index (χ1) is 15.2. The highest BCUT2D eigenvalue weighted by Crippen LogP contribution is 2.23. The van der Waals surface area contributed by atoms with E-state index < -0.39 is 0 Å². The lowest BCUT2D eigenvalue weighted by molar-refractivity contribution is 0.349. The zero-order valence-corrected chi connectivity index (χ0v) is 18.0. The number of para-hydroxylation sites is 2. The van der Waals surface area contributed by atoms with Crippen LogP contribution in [0.1, 0.15) is 12.0 Å². The number of aromatic nitrogens is 3. The van der Waals surface area contributed by atoms with Gasteiger partial charge in [-0.25, -0.2) is 14.4 Å². The van der Waals surface area contributed by atoms with E-state index in [2.05, 4.69) is 31.2 Å². The molecular formula is C23H25FN6S. The topological polar surface area (TPSA) is 58.0 Å². The van der Waals surface area contributed by atoms with E-state index in [1.54, 1.807) is 11.3 Å². The zero-order chi connectivity index (χ0) is 21.0. The standard InChI is InChI=1S/C23H25FN6S/c24-18-7-5-17(6-8-18)15-30-21-4-2-1-3-20(21)28-22(30)27-19-9-12-29(16-19)13-10-25-23-26-11-14-31-23/h1-8,11,14,19H,9-10,12-13,15-16H2,(H,25,26)(H,27,28). The van der Waals surface area contributed by atoms with Crippen molar-refractivity contribution in [2.24, 2.45) is 0 Å². The highest BCUT2D eigenvalue weighted by molar-refractivity contribution is 7.13. The van der Waals surface area contributed by atoms with Crippen molar-refractivity contribution in [2.75, 3.05) is 36.8 Å². The Morgan fingerprint density at radius 3 is 2.84 bits per heavy atom. The van der Waals surface area contributed by atoms with Crippen LogP contribution in [0.5, 0.6) is 0 Å². The maximum Gasteiger partial charge on any atom is 0.204 e. The van der Waals surface area contributed by atoms with Gasteiger partial charge in [0.1, 0.15) is 5.82 Å². The van der Waals surface area contributed by atoms with Crippen LogP contribution in [0.25, 0.3) is 11.0 Å². The predicted molar refractivity (Wildman–Crippen MR) is 124 cm³/mol. The average Bonchev–Trinajstić information content (AvgIpc) is 3.52. The van der Waals surface area contributed by atoms with Gasteiger partial charge < -0.3 is 15.2 Å². The number of halogens is 1. The second kappa shape index (κ2) is 9.03. The molecular weight excluding hydrogens is 411 g/mol. The SMILES string of the molecule is Fc1ccc(Cn2c(NC3CCN(CCNc4nccs4)C3)nc3ccccc32)cc1. The summed E-state index contributed by atoms with van der Waals surface area (Å²) in [7, 11) is 0. The van der Waals surface area contributed by atoms with E-state index in [4.69, 9.17) is 4.98 Å². The number of nitrogens with zero attached hydrogens (tertiary/aromatic N) is 4. The van der Waals surface area contributed by atoms with Crippen LogP contribution in [0.4, 0.5) is 15.5 Å². The molecule has 0 aliphatic carbocycles. The molecule has 0 amide bonds. The van der Waals surface area contributed by atoms with Crippen molar-refractivity contribution in [3.63, 3.8) is 0 Å². The van der Waals surface area contributed by atoms with E-state index in [0.29, 0.717) is 12.6 Å². The van der Waals surface area contributed by atoms with E-state index in [1.165, 1.54) is 12.1 Å². The second-order valence-electron chi connectivity index (χ2n) is 7.83. The average molecular weight is 437 g/mol. The van der Waals surface area contributed by atoms with E-state index in [9.17, 15) is 4.39 Å². The van der Waals surface area contributed by atoms with Crippen molar-refractivity contribution >= 4 is 33.5 Å². The molecule has 31 heavy (non-hydrogen) atoms. The first-order valence-corrected chi connectivity index (χ1v) is 11.4. The van der Waals surface area contributed by atoms with Crippen molar-refractivity contribution in [1.29, 1.82) is 0 Å². The van der Waals surface area contributed by atoms with E-state index in [0.717, 1.165) is 60.3 Å². The molecule has 160 valence electrons. The second-order valence-corrected chi connectivity index (χ2v) is 8.73. The van der Waals surface area contributed by atoms with Gasteiger partial charge in [0.15, 0.2) is 5.13 Å². The smallest absolute Gasteiger partial charge is 0.204 e. The van der Waals surface area contributed by atoms with Crippen LogP contribution in [0, 0.1) is 5.82 Å². The Balaban J connectivity index is 1.26. The summed E-state index contributed by atoms with van der Waals surface area (Å²) in [6.07, 6.45) is 2.90. The molecule has 2 aromatic heterocycles. The number of nitrogens with one attached hydrogen (secondary N) is 2. The van der Waals surface area contributed by atoms with Gasteiger partial charge in [0.25, 0.3) is 0 Å². The molecule has 0 bridgehead atoms. The third-order valence-corrected chi connectivity index (χ3v) is 6.38. The third kappa shape index (κ3) is 4.70. The fourth-order valence-electron chi connectivity index (χ4n) is 4.09. The number of likely N-dealkylation sites (tertiary alicyclic amines) is 1. The summed E-state index contributed by atoms with van der Waals surface area (Å²) in [5, 5.41) is 10.0. The predicted octanol–water partition coefficient (Wildman–Crippen LogP) is 4.28. The first-order valence-electron chi connectivity index (χ1n) is 10.6. The Hall–Kier alpha value is -2.97. The maximum atomic E-state index is 13.3. The fourth-order valence-corrected chi connectivity index (χ4v) is 4.64. The number of benzene rings is 2. The van der Waals surface area contributed by atoms with Gasteiger partial charge in [-0.15, -0.1) is 11.3 Å². The molecule has 0 spiro atoms. The first kappa shape index (κ1) is 20.0. The normalized spacial score (nSPS) is 16.7. The molecule has 8 heteroatoms. The van der Waals surface area contributed by atoms with Crippen molar-refractivity contribution in [3.05, 3.63) is 71.5 Å². The molecule has 1 aliphatic heterocycles. The van der Waals surface area contributed by atoms with Crippen LogP contribution in [-0.2, 0) is 6.54 Å². The van der Waals surface area contributed by atoms with Crippen molar-refractivity contribution in [3.8, 4) is 0 Å². The number of rotatable bonds is 8. The summed E-state index contributed by atoms with van der Waals surface area (Å²) in [6, 6.07) is 15.2. The van der Waals surface area contributed by atoms with Gasteiger partial charge in [0.05, 0.1) is 17.6 Å². The highest BCUT2D eigenvalue weighted by atomic mass is 32.1. The molecule has 2 N–H and O–H groups in total. The molecule has 1 aliphatic rings. The number of fused-ring (bicyclic) bond motifs is 1. The minimum Gasteiger partial charge on any atom is -0.360 e. The molecule has 3 heterocycles. The Morgan fingerprint density at radius 2 is 2.00 bits per heavy atom. The Labute approximate surface area is 184 Å². The lowest BCUT2D eigenvalue weighted by Gasteiger charge is -2.18. The molecule has 4 aromatic rings.